The summed E-state index contributed by atoms with van der Waals surface area (Å²) in [6, 6.07) is 1.93. The Morgan fingerprint density at radius 1 is 1.16 bits per heavy atom. The number of aryl methyl sites for hydroxylation is 2. The maximum Gasteiger partial charge on any atom is 0.249 e. The van der Waals surface area contributed by atoms with E-state index in [-0.39, 0.29) is 0 Å². The van der Waals surface area contributed by atoms with Gasteiger partial charge in [-0.3, -0.25) is 0 Å². The molecule has 0 atom stereocenters. The molecule has 0 spiro atoms. The Labute approximate surface area is 112 Å². The van der Waals surface area contributed by atoms with Crippen LogP contribution in [0.15, 0.2) is 10.5 Å². The van der Waals surface area contributed by atoms with Crippen molar-refractivity contribution in [1.29, 1.82) is 0 Å². The maximum atomic E-state index is 5.66. The Bertz CT molecular complexity index is 538. The summed E-state index contributed by atoms with van der Waals surface area (Å²) in [5.41, 5.74) is 2.60. The number of hydrogen-bond acceptors (Lipinski definition) is 6. The first-order valence-corrected chi connectivity index (χ1v) is 6.61. The normalized spacial score (nSPS) is 10.9. The molecule has 0 amide bonds. The molecule has 0 bridgehead atoms. The van der Waals surface area contributed by atoms with Gasteiger partial charge in [0.15, 0.2) is 0 Å². The molecule has 102 valence electrons. The van der Waals surface area contributed by atoms with Crippen LogP contribution in [0.5, 0.6) is 0 Å². The van der Waals surface area contributed by atoms with Gasteiger partial charge in [-0.25, -0.2) is 0 Å². The summed E-state index contributed by atoms with van der Waals surface area (Å²) in [5, 5.41) is 19.6. The first kappa shape index (κ1) is 13.6. The van der Waals surface area contributed by atoms with Crippen molar-refractivity contribution < 1.29 is 4.42 Å². The van der Waals surface area contributed by atoms with E-state index in [4.69, 9.17) is 4.42 Å². The Kier molecular flexibility index (Phi) is 4.57. The highest BCUT2D eigenvalue weighted by Crippen LogP contribution is 2.21. The quantitative estimate of drug-likeness (QED) is 0.800. The van der Waals surface area contributed by atoms with Crippen LogP contribution in [0, 0.1) is 6.92 Å². The van der Waals surface area contributed by atoms with E-state index in [0.717, 1.165) is 36.3 Å². The topological polar surface area (TPSA) is 76.7 Å². The minimum absolute atomic E-state index is 0.517. The molecule has 2 aromatic heterocycles. The second kappa shape index (κ2) is 6.38. The van der Waals surface area contributed by atoms with Crippen LogP contribution in [0.2, 0.25) is 0 Å². The lowest BCUT2D eigenvalue weighted by molar-refractivity contribution is 0.477. The molecule has 19 heavy (non-hydrogen) atoms. The molecular weight excluding hydrogens is 242 g/mol. The number of nitrogens with one attached hydrogen (secondary N) is 1. The van der Waals surface area contributed by atoms with Crippen molar-refractivity contribution >= 4 is 0 Å². The number of hydrogen-bond donors (Lipinski definition) is 1. The Balaban J connectivity index is 2.20. The Morgan fingerprint density at radius 3 is 2.74 bits per heavy atom. The first-order chi connectivity index (χ1) is 9.24. The van der Waals surface area contributed by atoms with Crippen LogP contribution in [0.4, 0.5) is 0 Å². The van der Waals surface area contributed by atoms with E-state index < -0.39 is 0 Å². The van der Waals surface area contributed by atoms with Gasteiger partial charge in [-0.2, -0.15) is 10.2 Å². The second-order valence-electron chi connectivity index (χ2n) is 4.38. The van der Waals surface area contributed by atoms with E-state index in [9.17, 15) is 0 Å². The SMILES string of the molecule is CCCNCc1nnc(-c2cc(C)nnc2CC)o1. The number of nitrogens with zero attached hydrogens (tertiary/aromatic N) is 4. The molecule has 0 radical (unpaired) electrons. The second-order valence-corrected chi connectivity index (χ2v) is 4.38. The van der Waals surface area contributed by atoms with Crippen LogP contribution in [-0.2, 0) is 13.0 Å². The van der Waals surface area contributed by atoms with Crippen LogP contribution in [0.25, 0.3) is 11.5 Å². The van der Waals surface area contributed by atoms with Gasteiger partial charge in [0.2, 0.25) is 11.8 Å². The molecule has 0 unspecified atom stereocenters. The maximum absolute atomic E-state index is 5.66. The fourth-order valence-corrected chi connectivity index (χ4v) is 1.77. The molecular formula is C13H19N5O. The van der Waals surface area contributed by atoms with Crippen LogP contribution < -0.4 is 5.32 Å². The molecule has 0 aliphatic heterocycles. The smallest absolute Gasteiger partial charge is 0.249 e. The predicted molar refractivity (Wildman–Crippen MR) is 71.4 cm³/mol. The van der Waals surface area contributed by atoms with Gasteiger partial charge >= 0.3 is 0 Å². The Hall–Kier alpha value is -1.82. The zero-order valence-electron chi connectivity index (χ0n) is 11.6. The molecule has 0 aliphatic carbocycles. The molecule has 2 aromatic rings. The average Bonchev–Trinajstić information content (AvgIpc) is 2.88. The summed E-state index contributed by atoms with van der Waals surface area (Å²) < 4.78 is 5.66. The highest BCUT2D eigenvalue weighted by Gasteiger charge is 2.13. The molecule has 0 fully saturated rings. The van der Waals surface area contributed by atoms with Crippen molar-refractivity contribution in [1.82, 2.24) is 25.7 Å². The molecule has 0 saturated heterocycles. The minimum atomic E-state index is 0.517. The zero-order valence-corrected chi connectivity index (χ0v) is 11.6. The lowest BCUT2D eigenvalue weighted by atomic mass is 10.1. The summed E-state index contributed by atoms with van der Waals surface area (Å²) in [6.45, 7) is 7.58. The fraction of sp³-hybridized carbons (Fsp3) is 0.538. The van der Waals surface area contributed by atoms with Gasteiger partial charge in [0.1, 0.15) is 0 Å². The van der Waals surface area contributed by atoms with Crippen molar-refractivity contribution in [2.24, 2.45) is 0 Å². The first-order valence-electron chi connectivity index (χ1n) is 6.61. The van der Waals surface area contributed by atoms with Crippen molar-refractivity contribution in [3.05, 3.63) is 23.3 Å². The standard InChI is InChI=1S/C13H19N5O/c1-4-6-14-8-12-17-18-13(19-12)10-7-9(3)15-16-11(10)5-2/h7,14H,4-6,8H2,1-3H3. The van der Waals surface area contributed by atoms with E-state index in [1.807, 2.05) is 19.9 Å². The average molecular weight is 261 g/mol. The van der Waals surface area contributed by atoms with Gasteiger partial charge in [-0.1, -0.05) is 13.8 Å². The van der Waals surface area contributed by atoms with Gasteiger partial charge in [-0.05, 0) is 32.4 Å². The molecule has 0 aliphatic rings. The third kappa shape index (κ3) is 3.35. The van der Waals surface area contributed by atoms with E-state index >= 15 is 0 Å². The molecule has 2 rings (SSSR count). The van der Waals surface area contributed by atoms with E-state index in [1.54, 1.807) is 0 Å². The van der Waals surface area contributed by atoms with Gasteiger partial charge in [0.25, 0.3) is 0 Å². The molecule has 0 aromatic carbocycles. The zero-order chi connectivity index (χ0) is 13.7. The van der Waals surface area contributed by atoms with Crippen molar-refractivity contribution in [2.75, 3.05) is 6.54 Å². The summed E-state index contributed by atoms with van der Waals surface area (Å²) in [5.74, 6) is 1.11. The van der Waals surface area contributed by atoms with Gasteiger partial charge in [0.05, 0.1) is 23.5 Å². The third-order valence-corrected chi connectivity index (χ3v) is 2.73. The van der Waals surface area contributed by atoms with Gasteiger partial charge in [0, 0.05) is 0 Å². The number of aromatic nitrogens is 4. The van der Waals surface area contributed by atoms with Crippen molar-refractivity contribution in [2.45, 2.75) is 40.2 Å². The molecule has 2 heterocycles. The van der Waals surface area contributed by atoms with Crippen LogP contribution in [0.1, 0.15) is 37.5 Å². The predicted octanol–water partition coefficient (Wildman–Crippen LogP) is 1.90. The minimum Gasteiger partial charge on any atom is -0.419 e. The Morgan fingerprint density at radius 2 is 2.00 bits per heavy atom. The highest BCUT2D eigenvalue weighted by atomic mass is 16.4. The summed E-state index contributed by atoms with van der Waals surface area (Å²) in [7, 11) is 0. The molecule has 1 N–H and O–H groups in total. The van der Waals surface area contributed by atoms with E-state index in [2.05, 4.69) is 32.6 Å². The van der Waals surface area contributed by atoms with Crippen LogP contribution >= 0.6 is 0 Å². The summed E-state index contributed by atoms with van der Waals surface area (Å²) in [6.07, 6.45) is 1.86. The van der Waals surface area contributed by atoms with Crippen LogP contribution in [-0.4, -0.2) is 26.9 Å². The molecule has 6 nitrogen and oxygen atoms in total. The van der Waals surface area contributed by atoms with Gasteiger partial charge in [-0.15, -0.1) is 10.2 Å². The van der Waals surface area contributed by atoms with Crippen molar-refractivity contribution in [3.63, 3.8) is 0 Å². The van der Waals surface area contributed by atoms with E-state index in [1.165, 1.54) is 0 Å². The summed E-state index contributed by atoms with van der Waals surface area (Å²) in [4.78, 5) is 0. The largest absolute Gasteiger partial charge is 0.419 e. The fourth-order valence-electron chi connectivity index (χ4n) is 1.77. The summed E-state index contributed by atoms with van der Waals surface area (Å²) >= 11 is 0. The third-order valence-electron chi connectivity index (χ3n) is 2.73. The highest BCUT2D eigenvalue weighted by molar-refractivity contribution is 5.56. The lowest BCUT2D eigenvalue weighted by Crippen LogP contribution is -2.13. The molecule has 6 heteroatoms. The number of rotatable bonds is 6. The van der Waals surface area contributed by atoms with Gasteiger partial charge < -0.3 is 9.73 Å². The van der Waals surface area contributed by atoms with Crippen LogP contribution in [0.3, 0.4) is 0 Å². The molecule has 0 saturated carbocycles. The van der Waals surface area contributed by atoms with Crippen molar-refractivity contribution in [3.8, 4) is 11.5 Å². The monoisotopic (exact) mass is 261 g/mol. The lowest BCUT2D eigenvalue weighted by Gasteiger charge is -2.02. The van der Waals surface area contributed by atoms with E-state index in [0.29, 0.717) is 18.3 Å².